The van der Waals surface area contributed by atoms with Gasteiger partial charge in [-0.25, -0.2) is 0 Å². The molecular formula is C20H20ClF3N6O. The summed E-state index contributed by atoms with van der Waals surface area (Å²) < 4.78 is 48.4. The number of ether oxygens (including phenoxy) is 1. The summed E-state index contributed by atoms with van der Waals surface area (Å²) in [5, 5.41) is 7.04. The summed E-state index contributed by atoms with van der Waals surface area (Å²) >= 11 is 6.30. The minimum absolute atomic E-state index is 0.00629. The van der Waals surface area contributed by atoms with Gasteiger partial charge in [-0.3, -0.25) is 0 Å². The van der Waals surface area contributed by atoms with E-state index in [-0.39, 0.29) is 34.2 Å². The van der Waals surface area contributed by atoms with Crippen molar-refractivity contribution in [3.63, 3.8) is 0 Å². The van der Waals surface area contributed by atoms with Crippen LogP contribution in [0, 0.1) is 0 Å². The zero-order chi connectivity index (χ0) is 22.2. The summed E-state index contributed by atoms with van der Waals surface area (Å²) in [6.07, 6.45) is -2.52. The molecular weight excluding hydrogens is 433 g/mol. The van der Waals surface area contributed by atoms with E-state index in [1.165, 1.54) is 6.07 Å². The van der Waals surface area contributed by atoms with E-state index in [0.717, 1.165) is 30.1 Å². The van der Waals surface area contributed by atoms with Gasteiger partial charge in [0.05, 0.1) is 16.3 Å². The van der Waals surface area contributed by atoms with E-state index < -0.39 is 11.7 Å². The molecule has 1 atom stereocenters. The van der Waals surface area contributed by atoms with Gasteiger partial charge in [0.25, 0.3) is 0 Å². The summed E-state index contributed by atoms with van der Waals surface area (Å²) in [7, 11) is 0. The average molecular weight is 453 g/mol. The standard InChI is InChI=1S/C20H20ClF3N6O/c21-16-9-13(30-19(26)28-18(25)29-30)8-15(20(22,23)24)17(16)11-3-5-14(6-4-11)31-10-12-2-1-7-27-12/h3-6,8-9,12,27H,1-2,7,10H2,(H4,25,26,28,29)/t12-/m0/s1. The first-order valence-corrected chi connectivity index (χ1v) is 9.96. The largest absolute Gasteiger partial charge is 0.492 e. The van der Waals surface area contributed by atoms with Crippen molar-refractivity contribution in [2.45, 2.75) is 25.1 Å². The van der Waals surface area contributed by atoms with Gasteiger partial charge in [-0.05, 0) is 49.2 Å². The fourth-order valence-electron chi connectivity index (χ4n) is 3.58. The highest BCUT2D eigenvalue weighted by molar-refractivity contribution is 6.33. The summed E-state index contributed by atoms with van der Waals surface area (Å²) in [6.45, 7) is 1.47. The first kappa shape index (κ1) is 21.3. The fraction of sp³-hybridized carbons (Fsp3) is 0.300. The minimum Gasteiger partial charge on any atom is -0.492 e. The minimum atomic E-state index is -4.67. The highest BCUT2D eigenvalue weighted by Crippen LogP contribution is 2.43. The van der Waals surface area contributed by atoms with Crippen LogP contribution in [-0.4, -0.2) is 34.0 Å². The van der Waals surface area contributed by atoms with Crippen molar-refractivity contribution in [3.05, 3.63) is 47.0 Å². The number of benzene rings is 2. The second kappa shape index (κ2) is 8.27. The van der Waals surface area contributed by atoms with Crippen molar-refractivity contribution in [2.24, 2.45) is 0 Å². The molecule has 0 bridgehead atoms. The first-order chi connectivity index (χ1) is 14.7. The van der Waals surface area contributed by atoms with E-state index in [4.69, 9.17) is 27.8 Å². The van der Waals surface area contributed by atoms with Gasteiger partial charge >= 0.3 is 6.18 Å². The predicted molar refractivity (Wildman–Crippen MR) is 112 cm³/mol. The predicted octanol–water partition coefficient (Wildman–Crippen LogP) is 3.90. The van der Waals surface area contributed by atoms with Gasteiger partial charge in [0.1, 0.15) is 12.4 Å². The maximum Gasteiger partial charge on any atom is 0.417 e. The highest BCUT2D eigenvalue weighted by Gasteiger charge is 2.36. The van der Waals surface area contributed by atoms with E-state index >= 15 is 0 Å². The zero-order valence-corrected chi connectivity index (χ0v) is 17.0. The van der Waals surface area contributed by atoms with Gasteiger partial charge in [-0.15, -0.1) is 5.10 Å². The number of hydrogen-bond donors (Lipinski definition) is 3. The summed E-state index contributed by atoms with van der Waals surface area (Å²) in [6, 6.07) is 8.91. The fourth-order valence-corrected chi connectivity index (χ4v) is 3.90. The normalized spacial score (nSPS) is 16.6. The number of halogens is 4. The molecule has 1 aliphatic heterocycles. The number of nitrogens with one attached hydrogen (secondary N) is 1. The summed E-state index contributed by atoms with van der Waals surface area (Å²) in [5.74, 6) is 0.270. The molecule has 0 amide bonds. The quantitative estimate of drug-likeness (QED) is 0.542. The van der Waals surface area contributed by atoms with Gasteiger partial charge in [0.2, 0.25) is 11.9 Å². The number of hydrogen-bond acceptors (Lipinski definition) is 6. The Morgan fingerprint density at radius 3 is 2.52 bits per heavy atom. The molecule has 3 aromatic rings. The smallest absolute Gasteiger partial charge is 0.417 e. The van der Waals surface area contributed by atoms with Crippen molar-refractivity contribution >= 4 is 23.5 Å². The molecule has 11 heteroatoms. The van der Waals surface area contributed by atoms with E-state index in [0.29, 0.717) is 17.9 Å². The third kappa shape index (κ3) is 4.54. The van der Waals surface area contributed by atoms with E-state index in [9.17, 15) is 13.2 Å². The molecule has 0 aliphatic carbocycles. The average Bonchev–Trinajstić information content (AvgIpc) is 3.34. The molecule has 1 fully saturated rings. The van der Waals surface area contributed by atoms with Crippen LogP contribution < -0.4 is 21.5 Å². The van der Waals surface area contributed by atoms with Crippen LogP contribution in [-0.2, 0) is 6.18 Å². The topological polar surface area (TPSA) is 104 Å². The van der Waals surface area contributed by atoms with Crippen LogP contribution in [0.15, 0.2) is 36.4 Å². The molecule has 0 saturated carbocycles. The second-order valence-electron chi connectivity index (χ2n) is 7.22. The van der Waals surface area contributed by atoms with Crippen LogP contribution in [0.3, 0.4) is 0 Å². The van der Waals surface area contributed by atoms with Gasteiger partial charge < -0.3 is 21.5 Å². The molecule has 1 aliphatic rings. The lowest BCUT2D eigenvalue weighted by Gasteiger charge is -2.17. The van der Waals surface area contributed by atoms with Crippen LogP contribution in [0.2, 0.25) is 5.02 Å². The van der Waals surface area contributed by atoms with Crippen LogP contribution in [0.25, 0.3) is 16.8 Å². The molecule has 2 aromatic carbocycles. The molecule has 0 radical (unpaired) electrons. The molecule has 164 valence electrons. The van der Waals surface area contributed by atoms with Gasteiger partial charge in [0, 0.05) is 11.6 Å². The van der Waals surface area contributed by atoms with Crippen molar-refractivity contribution in [1.29, 1.82) is 0 Å². The van der Waals surface area contributed by atoms with Crippen molar-refractivity contribution in [1.82, 2.24) is 20.1 Å². The maximum atomic E-state index is 13.9. The van der Waals surface area contributed by atoms with E-state index in [1.54, 1.807) is 24.3 Å². The van der Waals surface area contributed by atoms with Gasteiger partial charge in [0.15, 0.2) is 0 Å². The van der Waals surface area contributed by atoms with Crippen molar-refractivity contribution < 1.29 is 17.9 Å². The Kier molecular flexibility index (Phi) is 5.67. The van der Waals surface area contributed by atoms with Crippen LogP contribution in [0.5, 0.6) is 5.75 Å². The lowest BCUT2D eigenvalue weighted by atomic mass is 9.98. The number of nitrogens with two attached hydrogens (primary N) is 2. The number of anilines is 2. The number of rotatable bonds is 5. The Bertz CT molecular complexity index is 1080. The monoisotopic (exact) mass is 452 g/mol. The number of nitrogen functional groups attached to an aromatic ring is 2. The van der Waals surface area contributed by atoms with Crippen LogP contribution in [0.1, 0.15) is 18.4 Å². The molecule has 2 heterocycles. The Morgan fingerprint density at radius 1 is 1.19 bits per heavy atom. The third-order valence-corrected chi connectivity index (χ3v) is 5.33. The number of nitrogens with zero attached hydrogens (tertiary/aromatic N) is 3. The molecule has 7 nitrogen and oxygen atoms in total. The van der Waals surface area contributed by atoms with Crippen LogP contribution in [0.4, 0.5) is 25.1 Å². The first-order valence-electron chi connectivity index (χ1n) is 9.58. The Balaban J connectivity index is 1.67. The van der Waals surface area contributed by atoms with Crippen molar-refractivity contribution in [2.75, 3.05) is 24.6 Å². The summed E-state index contributed by atoms with van der Waals surface area (Å²) in [5.41, 5.74) is 10.4. The summed E-state index contributed by atoms with van der Waals surface area (Å²) in [4.78, 5) is 3.71. The molecule has 1 saturated heterocycles. The number of alkyl halides is 3. The zero-order valence-electron chi connectivity index (χ0n) is 16.3. The molecule has 0 unspecified atom stereocenters. The lowest BCUT2D eigenvalue weighted by Crippen LogP contribution is -2.28. The Hall–Kier alpha value is -2.98. The molecule has 5 N–H and O–H groups in total. The molecule has 1 aromatic heterocycles. The number of aromatic nitrogens is 3. The maximum absolute atomic E-state index is 13.9. The molecule has 0 spiro atoms. The highest BCUT2D eigenvalue weighted by atomic mass is 35.5. The van der Waals surface area contributed by atoms with Gasteiger partial charge in [-0.1, -0.05) is 23.7 Å². The molecule has 4 rings (SSSR count). The lowest BCUT2D eigenvalue weighted by molar-refractivity contribution is -0.137. The molecule has 31 heavy (non-hydrogen) atoms. The van der Waals surface area contributed by atoms with E-state index in [1.807, 2.05) is 0 Å². The second-order valence-corrected chi connectivity index (χ2v) is 7.62. The van der Waals surface area contributed by atoms with Gasteiger partial charge in [-0.2, -0.15) is 22.8 Å². The Labute approximate surface area is 181 Å². The van der Waals surface area contributed by atoms with Crippen LogP contribution >= 0.6 is 11.6 Å². The Morgan fingerprint density at radius 2 is 1.94 bits per heavy atom. The third-order valence-electron chi connectivity index (χ3n) is 5.03. The SMILES string of the molecule is Nc1nc(N)n(-c2cc(Cl)c(-c3ccc(OC[C@@H]4CCCN4)cc3)c(C(F)(F)F)c2)n1. The van der Waals surface area contributed by atoms with E-state index in [2.05, 4.69) is 15.4 Å². The van der Waals surface area contributed by atoms with Crippen molar-refractivity contribution in [3.8, 4) is 22.6 Å².